The molecule has 6 nitrogen and oxygen atoms in total. The highest BCUT2D eigenvalue weighted by Gasteiger charge is 2.53. The summed E-state index contributed by atoms with van der Waals surface area (Å²) >= 11 is 0. The maximum Gasteiger partial charge on any atom is 0.224 e. The van der Waals surface area contributed by atoms with E-state index in [0.29, 0.717) is 0 Å². The Hall–Kier alpha value is -4.58. The summed E-state index contributed by atoms with van der Waals surface area (Å²) in [6.45, 7) is 3.25. The second kappa shape index (κ2) is 10.2. The first-order valence-corrected chi connectivity index (χ1v) is 13.5. The highest BCUT2D eigenvalue weighted by Crippen LogP contribution is 2.63. The van der Waals surface area contributed by atoms with Gasteiger partial charge in [-0.1, -0.05) is 60.7 Å². The van der Waals surface area contributed by atoms with Gasteiger partial charge in [0.1, 0.15) is 11.5 Å². The SMILES string of the molecule is COc1ccc([C@@H]2[C@@H]([C@@H]3c4ccccc4N(C(C)=O)[C@H]3c3ccc(OC)cc3)c3ccccc3N2C(C)=O)cc1. The van der Waals surface area contributed by atoms with E-state index >= 15 is 0 Å². The zero-order valence-electron chi connectivity index (χ0n) is 23.1. The number of amides is 2. The molecule has 2 heterocycles. The second-order valence-electron chi connectivity index (χ2n) is 10.4. The number of fused-ring (bicyclic) bond motifs is 2. The lowest BCUT2D eigenvalue weighted by Crippen LogP contribution is -2.36. The van der Waals surface area contributed by atoms with Gasteiger partial charge in [-0.25, -0.2) is 0 Å². The molecule has 2 amide bonds. The molecule has 0 aliphatic carbocycles. The van der Waals surface area contributed by atoms with Crippen LogP contribution in [0.25, 0.3) is 0 Å². The molecule has 0 N–H and O–H groups in total. The van der Waals surface area contributed by atoms with Crippen molar-refractivity contribution >= 4 is 23.2 Å². The molecule has 2 aliphatic heterocycles. The zero-order chi connectivity index (χ0) is 28.0. The van der Waals surface area contributed by atoms with Crippen LogP contribution in [0, 0.1) is 0 Å². The van der Waals surface area contributed by atoms with Gasteiger partial charge in [0, 0.05) is 37.1 Å². The van der Waals surface area contributed by atoms with E-state index in [2.05, 4.69) is 12.1 Å². The third kappa shape index (κ3) is 4.02. The molecule has 4 aromatic carbocycles. The maximum atomic E-state index is 13.3. The number of nitrogens with zero attached hydrogens (tertiary/aromatic N) is 2. The van der Waals surface area contributed by atoms with Gasteiger partial charge in [0.05, 0.1) is 26.3 Å². The summed E-state index contributed by atoms with van der Waals surface area (Å²) in [4.78, 5) is 30.5. The average Bonchev–Trinajstić information content (AvgIpc) is 3.50. The van der Waals surface area contributed by atoms with Crippen LogP contribution in [0.1, 0.15) is 60.0 Å². The van der Waals surface area contributed by atoms with Gasteiger partial charge in [0.15, 0.2) is 0 Å². The highest BCUT2D eigenvalue weighted by atomic mass is 16.5. The molecule has 0 unspecified atom stereocenters. The largest absolute Gasteiger partial charge is 0.497 e. The number of hydrogen-bond acceptors (Lipinski definition) is 4. The van der Waals surface area contributed by atoms with E-state index in [1.165, 1.54) is 0 Å². The van der Waals surface area contributed by atoms with Crippen LogP contribution in [-0.4, -0.2) is 26.0 Å². The Balaban J connectivity index is 1.61. The monoisotopic (exact) mass is 532 g/mol. The molecule has 0 radical (unpaired) electrons. The first kappa shape index (κ1) is 25.7. The summed E-state index contributed by atoms with van der Waals surface area (Å²) in [5.74, 6) is 1.24. The topological polar surface area (TPSA) is 59.1 Å². The maximum absolute atomic E-state index is 13.3. The minimum Gasteiger partial charge on any atom is -0.497 e. The number of carbonyl (C=O) groups is 2. The Morgan fingerprint density at radius 3 is 1.23 bits per heavy atom. The molecule has 6 rings (SSSR count). The Morgan fingerprint density at radius 1 is 0.550 bits per heavy atom. The van der Waals surface area contributed by atoms with E-state index in [9.17, 15) is 9.59 Å². The van der Waals surface area contributed by atoms with Crippen LogP contribution in [0.15, 0.2) is 97.1 Å². The van der Waals surface area contributed by atoms with Gasteiger partial charge >= 0.3 is 0 Å². The number of anilines is 2. The lowest BCUT2D eigenvalue weighted by atomic mass is 9.73. The van der Waals surface area contributed by atoms with Crippen LogP contribution in [0.5, 0.6) is 11.5 Å². The number of methoxy groups -OCH3 is 2. The zero-order valence-corrected chi connectivity index (χ0v) is 23.1. The van der Waals surface area contributed by atoms with Gasteiger partial charge in [-0.15, -0.1) is 0 Å². The van der Waals surface area contributed by atoms with Crippen LogP contribution in [0.4, 0.5) is 11.4 Å². The van der Waals surface area contributed by atoms with Crippen molar-refractivity contribution in [1.29, 1.82) is 0 Å². The first-order valence-electron chi connectivity index (χ1n) is 13.5. The fraction of sp³-hybridized carbons (Fsp3) is 0.235. The number of para-hydroxylation sites is 2. The van der Waals surface area contributed by atoms with E-state index in [1.807, 2.05) is 94.7 Å². The summed E-state index contributed by atoms with van der Waals surface area (Å²) in [6, 6.07) is 31.8. The van der Waals surface area contributed by atoms with Crippen molar-refractivity contribution in [3.63, 3.8) is 0 Å². The van der Waals surface area contributed by atoms with E-state index in [-0.39, 0.29) is 35.7 Å². The lowest BCUT2D eigenvalue weighted by Gasteiger charge is -2.36. The molecule has 2 aliphatic rings. The highest BCUT2D eigenvalue weighted by molar-refractivity contribution is 5.97. The fourth-order valence-electron chi connectivity index (χ4n) is 6.76. The van der Waals surface area contributed by atoms with Crippen molar-refractivity contribution in [3.05, 3.63) is 119 Å². The van der Waals surface area contributed by atoms with Crippen LogP contribution < -0.4 is 19.3 Å². The number of hydrogen-bond donors (Lipinski definition) is 0. The number of ether oxygens (including phenoxy) is 2. The van der Waals surface area contributed by atoms with E-state index in [1.54, 1.807) is 28.1 Å². The second-order valence-corrected chi connectivity index (χ2v) is 10.4. The number of rotatable bonds is 5. The predicted molar refractivity (Wildman–Crippen MR) is 156 cm³/mol. The van der Waals surface area contributed by atoms with Crippen molar-refractivity contribution in [3.8, 4) is 11.5 Å². The summed E-state index contributed by atoms with van der Waals surface area (Å²) < 4.78 is 10.9. The van der Waals surface area contributed by atoms with Gasteiger partial charge < -0.3 is 19.3 Å². The molecule has 0 aromatic heterocycles. The molecule has 0 fully saturated rings. The van der Waals surface area contributed by atoms with Crippen LogP contribution in [0.2, 0.25) is 0 Å². The molecule has 0 saturated carbocycles. The van der Waals surface area contributed by atoms with Crippen LogP contribution in [0.3, 0.4) is 0 Å². The van der Waals surface area contributed by atoms with Gasteiger partial charge in [-0.3, -0.25) is 9.59 Å². The van der Waals surface area contributed by atoms with Gasteiger partial charge in [0.2, 0.25) is 11.8 Å². The van der Waals surface area contributed by atoms with E-state index in [0.717, 1.165) is 45.1 Å². The van der Waals surface area contributed by atoms with Gasteiger partial charge in [-0.05, 0) is 58.7 Å². The Labute approximate surface area is 234 Å². The Morgan fingerprint density at radius 2 is 0.900 bits per heavy atom. The molecule has 0 spiro atoms. The standard InChI is InChI=1S/C34H32N2O4/c1-21(37)35-29-11-7-5-9-27(29)31(33(35)23-13-17-25(39-3)18-14-23)32-28-10-6-8-12-30(28)36(22(2)38)34(32)24-15-19-26(40-4)20-16-24/h5-20,31-34H,1-4H3/t31-,32+,33-,34+. The number of carbonyl (C=O) groups excluding carboxylic acids is 2. The van der Waals surface area contributed by atoms with Crippen LogP contribution >= 0.6 is 0 Å². The normalized spacial score (nSPS) is 21.1. The summed E-state index contributed by atoms with van der Waals surface area (Å²) in [5, 5.41) is 0. The molecule has 4 aromatic rings. The van der Waals surface area contributed by atoms with Crippen molar-refractivity contribution in [1.82, 2.24) is 0 Å². The third-order valence-electron chi connectivity index (χ3n) is 8.33. The molecule has 0 bridgehead atoms. The minimum atomic E-state index is -0.272. The summed E-state index contributed by atoms with van der Waals surface area (Å²) in [5.41, 5.74) is 6.06. The summed E-state index contributed by atoms with van der Waals surface area (Å²) in [6.07, 6.45) is 0. The molecule has 6 heteroatoms. The van der Waals surface area contributed by atoms with Crippen molar-refractivity contribution < 1.29 is 19.1 Å². The number of benzene rings is 4. The van der Waals surface area contributed by atoms with Gasteiger partial charge in [0.25, 0.3) is 0 Å². The predicted octanol–water partition coefficient (Wildman–Crippen LogP) is 6.79. The quantitative estimate of drug-likeness (QED) is 0.284. The lowest BCUT2D eigenvalue weighted by molar-refractivity contribution is -0.118. The molecule has 202 valence electrons. The van der Waals surface area contributed by atoms with Gasteiger partial charge in [-0.2, -0.15) is 0 Å². The Bertz CT molecular complexity index is 1440. The van der Waals surface area contributed by atoms with E-state index < -0.39 is 0 Å². The molecule has 0 saturated heterocycles. The Kier molecular flexibility index (Phi) is 6.54. The van der Waals surface area contributed by atoms with Crippen molar-refractivity contribution in [2.24, 2.45) is 0 Å². The first-order chi connectivity index (χ1) is 19.4. The third-order valence-corrected chi connectivity index (χ3v) is 8.33. The summed E-state index contributed by atoms with van der Waals surface area (Å²) in [7, 11) is 3.30. The fourth-order valence-corrected chi connectivity index (χ4v) is 6.76. The molecular weight excluding hydrogens is 500 g/mol. The van der Waals surface area contributed by atoms with Crippen LogP contribution in [-0.2, 0) is 9.59 Å². The molecule has 4 atom stereocenters. The van der Waals surface area contributed by atoms with E-state index in [4.69, 9.17) is 9.47 Å². The van der Waals surface area contributed by atoms with Crippen molar-refractivity contribution in [2.45, 2.75) is 37.8 Å². The smallest absolute Gasteiger partial charge is 0.224 e. The average molecular weight is 533 g/mol. The molecule has 40 heavy (non-hydrogen) atoms. The molecular formula is C34H32N2O4. The van der Waals surface area contributed by atoms with Crippen molar-refractivity contribution in [2.75, 3.05) is 24.0 Å². The minimum absolute atomic E-state index is 0.0218.